The van der Waals surface area contributed by atoms with E-state index in [1.807, 2.05) is 26.8 Å². The number of hydrogen-bond acceptors (Lipinski definition) is 3. The van der Waals surface area contributed by atoms with Crippen LogP contribution in [0.5, 0.6) is 0 Å². The van der Waals surface area contributed by atoms with E-state index in [4.69, 9.17) is 0 Å². The van der Waals surface area contributed by atoms with E-state index in [0.29, 0.717) is 6.42 Å². The van der Waals surface area contributed by atoms with Gasteiger partial charge in [0.05, 0.1) is 0 Å². The molecule has 0 spiro atoms. The molecule has 0 aromatic carbocycles. The maximum atomic E-state index is 11.7. The molecule has 86 valence electrons. The highest BCUT2D eigenvalue weighted by atomic mass is 32.1. The Balaban J connectivity index is 4.21. The van der Waals surface area contributed by atoms with Gasteiger partial charge in [-0.3, -0.25) is 4.79 Å². The molecule has 0 aromatic heterocycles. The summed E-state index contributed by atoms with van der Waals surface area (Å²) in [5.74, 6) is 0.0785. The van der Waals surface area contributed by atoms with Crippen molar-refractivity contribution < 1.29 is 9.59 Å². The number of ketones is 1. The standard InChI is InChI=1S/C12H20O2S/c1-9(2)12(14)11(7-8-13)6-4-5-10(3)15/h5,8-9,11,15H,4,6-7H2,1-3H3. The Labute approximate surface area is 97.5 Å². The molecule has 2 nitrogen and oxygen atoms in total. The third-order valence-corrected chi connectivity index (χ3v) is 2.49. The summed E-state index contributed by atoms with van der Waals surface area (Å²) in [6, 6.07) is 0. The van der Waals surface area contributed by atoms with E-state index in [2.05, 4.69) is 12.6 Å². The second kappa shape index (κ2) is 7.69. The fourth-order valence-electron chi connectivity index (χ4n) is 1.46. The van der Waals surface area contributed by atoms with Crippen LogP contribution in [0.1, 0.15) is 40.0 Å². The lowest BCUT2D eigenvalue weighted by Crippen LogP contribution is -2.20. The van der Waals surface area contributed by atoms with Crippen LogP contribution in [-0.4, -0.2) is 12.1 Å². The van der Waals surface area contributed by atoms with Crippen molar-refractivity contribution in [3.05, 3.63) is 11.0 Å². The molecule has 0 heterocycles. The maximum Gasteiger partial charge on any atom is 0.138 e. The molecule has 3 heteroatoms. The Morgan fingerprint density at radius 1 is 1.40 bits per heavy atom. The smallest absolute Gasteiger partial charge is 0.138 e. The monoisotopic (exact) mass is 228 g/mol. The maximum absolute atomic E-state index is 11.7. The predicted octanol–water partition coefficient (Wildman–Crippen LogP) is 3.03. The predicted molar refractivity (Wildman–Crippen MR) is 66.0 cm³/mol. The van der Waals surface area contributed by atoms with Crippen LogP contribution in [-0.2, 0) is 9.59 Å². The van der Waals surface area contributed by atoms with Gasteiger partial charge in [0.2, 0.25) is 0 Å². The second-order valence-electron chi connectivity index (χ2n) is 4.08. The van der Waals surface area contributed by atoms with Crippen molar-refractivity contribution in [3.8, 4) is 0 Å². The number of rotatable bonds is 7. The minimum atomic E-state index is -0.119. The van der Waals surface area contributed by atoms with Gasteiger partial charge in [-0.25, -0.2) is 0 Å². The molecule has 0 aliphatic rings. The average Bonchev–Trinajstić information content (AvgIpc) is 2.14. The quantitative estimate of drug-likeness (QED) is 0.537. The van der Waals surface area contributed by atoms with E-state index in [1.165, 1.54) is 0 Å². The summed E-state index contributed by atoms with van der Waals surface area (Å²) in [4.78, 5) is 23.1. The van der Waals surface area contributed by atoms with Crippen LogP contribution >= 0.6 is 12.6 Å². The molecule has 0 saturated heterocycles. The van der Waals surface area contributed by atoms with Crippen molar-refractivity contribution in [2.24, 2.45) is 11.8 Å². The number of carbonyl (C=O) groups excluding carboxylic acids is 2. The van der Waals surface area contributed by atoms with Crippen LogP contribution in [0.15, 0.2) is 11.0 Å². The molecule has 0 aliphatic carbocycles. The number of Topliss-reactive ketones (excluding diaryl/α,β-unsaturated/α-hetero) is 1. The fraction of sp³-hybridized carbons (Fsp3) is 0.667. The van der Waals surface area contributed by atoms with Crippen molar-refractivity contribution in [2.75, 3.05) is 0 Å². The van der Waals surface area contributed by atoms with Crippen LogP contribution in [0.2, 0.25) is 0 Å². The first kappa shape index (κ1) is 14.4. The van der Waals surface area contributed by atoms with Gasteiger partial charge in [-0.05, 0) is 24.7 Å². The third kappa shape index (κ3) is 6.50. The SMILES string of the molecule is CC(S)=CCCC(CC=O)C(=O)C(C)C. The lowest BCUT2D eigenvalue weighted by molar-refractivity contribution is -0.127. The number of allylic oxidation sites excluding steroid dienone is 2. The van der Waals surface area contributed by atoms with E-state index < -0.39 is 0 Å². The molecule has 0 aliphatic heterocycles. The Morgan fingerprint density at radius 3 is 2.40 bits per heavy atom. The molecule has 0 saturated carbocycles. The third-order valence-electron chi connectivity index (χ3n) is 2.31. The summed E-state index contributed by atoms with van der Waals surface area (Å²) in [7, 11) is 0. The number of hydrogen-bond donors (Lipinski definition) is 1. The molecule has 0 aromatic rings. The summed E-state index contributed by atoms with van der Waals surface area (Å²) in [5.41, 5.74) is 0. The van der Waals surface area contributed by atoms with Gasteiger partial charge in [0.1, 0.15) is 12.1 Å². The minimum Gasteiger partial charge on any atom is -0.303 e. The first-order valence-corrected chi connectivity index (χ1v) is 5.76. The minimum absolute atomic E-state index is 0.0102. The average molecular weight is 228 g/mol. The molecular weight excluding hydrogens is 208 g/mol. The highest BCUT2D eigenvalue weighted by Gasteiger charge is 2.19. The Hall–Kier alpha value is -0.570. The van der Waals surface area contributed by atoms with Crippen molar-refractivity contribution in [1.29, 1.82) is 0 Å². The van der Waals surface area contributed by atoms with Crippen LogP contribution in [0.25, 0.3) is 0 Å². The molecule has 15 heavy (non-hydrogen) atoms. The molecule has 1 unspecified atom stereocenters. The highest BCUT2D eigenvalue weighted by molar-refractivity contribution is 7.84. The van der Waals surface area contributed by atoms with Gasteiger partial charge < -0.3 is 4.79 Å². The molecule has 0 fully saturated rings. The van der Waals surface area contributed by atoms with E-state index in [9.17, 15) is 9.59 Å². The summed E-state index contributed by atoms with van der Waals surface area (Å²) in [5, 5.41) is 0. The number of carbonyl (C=O) groups is 2. The van der Waals surface area contributed by atoms with Crippen LogP contribution in [0, 0.1) is 11.8 Å². The zero-order valence-electron chi connectivity index (χ0n) is 9.69. The van der Waals surface area contributed by atoms with Crippen LogP contribution in [0.4, 0.5) is 0 Å². The van der Waals surface area contributed by atoms with E-state index in [1.54, 1.807) is 0 Å². The summed E-state index contributed by atoms with van der Waals surface area (Å²) < 4.78 is 0. The molecule has 0 amide bonds. The Kier molecular flexibility index (Phi) is 7.39. The lowest BCUT2D eigenvalue weighted by atomic mass is 9.89. The number of thiol groups is 1. The molecule has 0 radical (unpaired) electrons. The first-order chi connectivity index (χ1) is 6.99. The van der Waals surface area contributed by atoms with Gasteiger partial charge in [-0.1, -0.05) is 19.9 Å². The van der Waals surface area contributed by atoms with Gasteiger partial charge in [-0.15, -0.1) is 12.6 Å². The molecular formula is C12H20O2S. The normalized spacial score (nSPS) is 14.1. The van der Waals surface area contributed by atoms with Gasteiger partial charge in [0, 0.05) is 18.3 Å². The van der Waals surface area contributed by atoms with E-state index in [-0.39, 0.29) is 17.6 Å². The summed E-state index contributed by atoms with van der Waals surface area (Å²) >= 11 is 4.15. The molecule has 0 N–H and O–H groups in total. The van der Waals surface area contributed by atoms with Gasteiger partial charge in [-0.2, -0.15) is 0 Å². The van der Waals surface area contributed by atoms with Crippen molar-refractivity contribution >= 4 is 24.7 Å². The second-order valence-corrected chi connectivity index (χ2v) is 4.78. The van der Waals surface area contributed by atoms with Gasteiger partial charge >= 0.3 is 0 Å². The van der Waals surface area contributed by atoms with Crippen LogP contribution < -0.4 is 0 Å². The van der Waals surface area contributed by atoms with E-state index in [0.717, 1.165) is 24.0 Å². The van der Waals surface area contributed by atoms with Gasteiger partial charge in [0.15, 0.2) is 0 Å². The van der Waals surface area contributed by atoms with Crippen molar-refractivity contribution in [1.82, 2.24) is 0 Å². The molecule has 0 bridgehead atoms. The van der Waals surface area contributed by atoms with Crippen molar-refractivity contribution in [2.45, 2.75) is 40.0 Å². The number of aldehydes is 1. The Morgan fingerprint density at radius 2 is 2.00 bits per heavy atom. The summed E-state index contributed by atoms with van der Waals surface area (Å²) in [6.07, 6.45) is 4.72. The first-order valence-electron chi connectivity index (χ1n) is 5.32. The Bertz CT molecular complexity index is 240. The summed E-state index contributed by atoms with van der Waals surface area (Å²) in [6.45, 7) is 5.65. The van der Waals surface area contributed by atoms with Crippen LogP contribution in [0.3, 0.4) is 0 Å². The fourth-order valence-corrected chi connectivity index (χ4v) is 1.59. The topological polar surface area (TPSA) is 34.1 Å². The van der Waals surface area contributed by atoms with Crippen molar-refractivity contribution in [3.63, 3.8) is 0 Å². The largest absolute Gasteiger partial charge is 0.303 e. The van der Waals surface area contributed by atoms with Gasteiger partial charge in [0.25, 0.3) is 0 Å². The zero-order chi connectivity index (χ0) is 11.8. The molecule has 0 rings (SSSR count). The zero-order valence-corrected chi connectivity index (χ0v) is 10.6. The molecule has 1 atom stereocenters. The lowest BCUT2D eigenvalue weighted by Gasteiger charge is -2.14. The highest BCUT2D eigenvalue weighted by Crippen LogP contribution is 2.17. The van der Waals surface area contributed by atoms with E-state index >= 15 is 0 Å².